The average Bonchev–Trinajstić information content (AvgIpc) is 3.06. The number of aromatic nitrogens is 3. The first-order valence-corrected chi connectivity index (χ1v) is 8.27. The highest BCUT2D eigenvalue weighted by Gasteiger charge is 2.18. The molecule has 1 aromatic carbocycles. The minimum atomic E-state index is -0.353. The predicted molar refractivity (Wildman–Crippen MR) is 86.4 cm³/mol. The van der Waals surface area contributed by atoms with Crippen molar-refractivity contribution in [2.24, 2.45) is 0 Å². The molecule has 3 rings (SSSR count). The van der Waals surface area contributed by atoms with E-state index in [4.69, 9.17) is 0 Å². The van der Waals surface area contributed by atoms with Gasteiger partial charge in [-0.2, -0.15) is 0 Å². The van der Waals surface area contributed by atoms with Crippen LogP contribution in [0.3, 0.4) is 0 Å². The van der Waals surface area contributed by atoms with Crippen molar-refractivity contribution in [3.05, 3.63) is 45.9 Å². The summed E-state index contributed by atoms with van der Waals surface area (Å²) in [5.74, 6) is -0.665. The molecule has 1 amide bonds. The van der Waals surface area contributed by atoms with E-state index in [9.17, 15) is 9.18 Å². The topological polar surface area (TPSA) is 71.8 Å². The molecule has 1 saturated heterocycles. The Morgan fingerprint density at radius 3 is 2.96 bits per heavy atom. The molecular weight excluding hydrogens is 365 g/mol. The lowest BCUT2D eigenvalue weighted by atomic mass is 10.1. The number of halogens is 2. The molecule has 8 heteroatoms. The zero-order chi connectivity index (χ0) is 16.2. The molecule has 2 N–H and O–H groups in total. The van der Waals surface area contributed by atoms with Crippen LogP contribution in [0.5, 0.6) is 0 Å². The molecule has 0 unspecified atom stereocenters. The summed E-state index contributed by atoms with van der Waals surface area (Å²) in [4.78, 5) is 12.1. The van der Waals surface area contributed by atoms with E-state index in [2.05, 4.69) is 36.9 Å². The third kappa shape index (κ3) is 3.94. The Balaban J connectivity index is 1.59. The van der Waals surface area contributed by atoms with Crippen molar-refractivity contribution in [2.45, 2.75) is 25.4 Å². The Hall–Kier alpha value is -1.80. The van der Waals surface area contributed by atoms with Crippen LogP contribution in [0.1, 0.15) is 34.9 Å². The molecule has 0 bridgehead atoms. The lowest BCUT2D eigenvalue weighted by Gasteiger charge is -2.22. The highest BCUT2D eigenvalue weighted by Crippen LogP contribution is 2.18. The average molecular weight is 382 g/mol. The maximum Gasteiger partial charge on any atom is 0.273 e. The van der Waals surface area contributed by atoms with E-state index in [1.165, 1.54) is 6.07 Å². The Kier molecular flexibility index (Phi) is 5.02. The van der Waals surface area contributed by atoms with E-state index in [0.29, 0.717) is 10.0 Å². The predicted octanol–water partition coefficient (Wildman–Crippen LogP) is 2.03. The zero-order valence-electron chi connectivity index (χ0n) is 12.4. The van der Waals surface area contributed by atoms with E-state index in [1.54, 1.807) is 23.0 Å². The molecule has 6 nitrogen and oxygen atoms in total. The fourth-order valence-corrected chi connectivity index (χ4v) is 2.80. The maximum atomic E-state index is 13.4. The van der Waals surface area contributed by atoms with E-state index < -0.39 is 0 Å². The lowest BCUT2D eigenvalue weighted by molar-refractivity contribution is 0.0945. The van der Waals surface area contributed by atoms with Gasteiger partial charge in [0, 0.05) is 6.54 Å². The smallest absolute Gasteiger partial charge is 0.273 e. The standard InChI is InChI=1S/C15H17BrFN5O/c16-12-2-1-10(7-13(12)17)8-19-15(23)14-9-22(21-20-14)11-3-5-18-6-4-11/h1-2,7,9,11,18H,3-6,8H2,(H,19,23). The van der Waals surface area contributed by atoms with E-state index in [-0.39, 0.29) is 30.0 Å². The molecule has 0 spiro atoms. The van der Waals surface area contributed by atoms with Crippen molar-refractivity contribution in [3.8, 4) is 0 Å². The van der Waals surface area contributed by atoms with E-state index >= 15 is 0 Å². The van der Waals surface area contributed by atoms with Gasteiger partial charge in [-0.3, -0.25) is 4.79 Å². The molecular formula is C15H17BrFN5O. The summed E-state index contributed by atoms with van der Waals surface area (Å²) in [6.45, 7) is 2.13. The summed E-state index contributed by atoms with van der Waals surface area (Å²) < 4.78 is 15.6. The molecule has 0 aliphatic carbocycles. The molecule has 0 radical (unpaired) electrons. The van der Waals surface area contributed by atoms with Gasteiger partial charge in [-0.05, 0) is 59.6 Å². The Bertz CT molecular complexity index is 699. The molecule has 0 saturated carbocycles. The number of hydrogen-bond donors (Lipinski definition) is 2. The van der Waals surface area contributed by atoms with Crippen molar-refractivity contribution < 1.29 is 9.18 Å². The molecule has 0 atom stereocenters. The van der Waals surface area contributed by atoms with Crippen molar-refractivity contribution in [1.29, 1.82) is 0 Å². The minimum absolute atomic E-state index is 0.239. The first-order chi connectivity index (χ1) is 11.1. The molecule has 23 heavy (non-hydrogen) atoms. The SMILES string of the molecule is O=C(NCc1ccc(Br)c(F)c1)c1cn(C2CCNCC2)nn1. The first kappa shape index (κ1) is 16.1. The summed E-state index contributed by atoms with van der Waals surface area (Å²) >= 11 is 3.10. The number of nitrogens with one attached hydrogen (secondary N) is 2. The summed E-state index contributed by atoms with van der Waals surface area (Å²) in [7, 11) is 0. The number of carbonyl (C=O) groups excluding carboxylic acids is 1. The third-order valence-electron chi connectivity index (χ3n) is 3.86. The van der Waals surface area contributed by atoms with Gasteiger partial charge in [-0.1, -0.05) is 11.3 Å². The molecule has 1 fully saturated rings. The second-order valence-corrected chi connectivity index (χ2v) is 6.35. The van der Waals surface area contributed by atoms with Crippen LogP contribution in [0.4, 0.5) is 4.39 Å². The highest BCUT2D eigenvalue weighted by atomic mass is 79.9. The number of rotatable bonds is 4. The van der Waals surface area contributed by atoms with Gasteiger partial charge in [0.05, 0.1) is 16.7 Å². The number of amides is 1. The van der Waals surface area contributed by atoms with Gasteiger partial charge in [0.1, 0.15) is 5.82 Å². The maximum absolute atomic E-state index is 13.4. The van der Waals surface area contributed by atoms with Gasteiger partial charge in [0.25, 0.3) is 5.91 Å². The van der Waals surface area contributed by atoms with Crippen LogP contribution in [0, 0.1) is 5.82 Å². The number of hydrogen-bond acceptors (Lipinski definition) is 4. The first-order valence-electron chi connectivity index (χ1n) is 7.48. The van der Waals surface area contributed by atoms with Crippen LogP contribution in [0.15, 0.2) is 28.9 Å². The zero-order valence-corrected chi connectivity index (χ0v) is 14.0. The Morgan fingerprint density at radius 2 is 2.22 bits per heavy atom. The monoisotopic (exact) mass is 381 g/mol. The van der Waals surface area contributed by atoms with Crippen molar-refractivity contribution in [1.82, 2.24) is 25.6 Å². The second kappa shape index (κ2) is 7.18. The summed E-state index contributed by atoms with van der Waals surface area (Å²) in [5, 5.41) is 14.0. The van der Waals surface area contributed by atoms with Crippen molar-refractivity contribution in [3.63, 3.8) is 0 Å². The van der Waals surface area contributed by atoms with Gasteiger partial charge in [-0.15, -0.1) is 5.10 Å². The Labute approximate surface area is 141 Å². The minimum Gasteiger partial charge on any atom is -0.347 e. The molecule has 1 aromatic heterocycles. The number of nitrogens with zero attached hydrogens (tertiary/aromatic N) is 3. The highest BCUT2D eigenvalue weighted by molar-refractivity contribution is 9.10. The van der Waals surface area contributed by atoms with Gasteiger partial charge < -0.3 is 10.6 Å². The fourth-order valence-electron chi connectivity index (χ4n) is 2.55. The van der Waals surface area contributed by atoms with Crippen LogP contribution in [0.25, 0.3) is 0 Å². The number of carbonyl (C=O) groups is 1. The van der Waals surface area contributed by atoms with E-state index in [0.717, 1.165) is 25.9 Å². The lowest BCUT2D eigenvalue weighted by Crippen LogP contribution is -2.29. The third-order valence-corrected chi connectivity index (χ3v) is 4.51. The van der Waals surface area contributed by atoms with Gasteiger partial charge >= 0.3 is 0 Å². The van der Waals surface area contributed by atoms with Crippen LogP contribution in [-0.4, -0.2) is 34.0 Å². The van der Waals surface area contributed by atoms with Crippen LogP contribution in [-0.2, 0) is 6.54 Å². The van der Waals surface area contributed by atoms with Crippen LogP contribution >= 0.6 is 15.9 Å². The van der Waals surface area contributed by atoms with E-state index in [1.807, 2.05) is 0 Å². The normalized spacial score (nSPS) is 15.6. The Morgan fingerprint density at radius 1 is 1.43 bits per heavy atom. The largest absolute Gasteiger partial charge is 0.347 e. The van der Waals surface area contributed by atoms with Crippen molar-refractivity contribution in [2.75, 3.05) is 13.1 Å². The fraction of sp³-hybridized carbons (Fsp3) is 0.400. The molecule has 1 aliphatic heterocycles. The van der Waals surface area contributed by atoms with Gasteiger partial charge in [0.15, 0.2) is 5.69 Å². The number of benzene rings is 1. The van der Waals surface area contributed by atoms with Crippen LogP contribution < -0.4 is 10.6 Å². The quantitative estimate of drug-likeness (QED) is 0.849. The molecule has 2 heterocycles. The number of piperidine rings is 1. The molecule has 2 aromatic rings. The molecule has 1 aliphatic rings. The molecule has 122 valence electrons. The second-order valence-electron chi connectivity index (χ2n) is 5.50. The van der Waals surface area contributed by atoms with Crippen LogP contribution in [0.2, 0.25) is 0 Å². The van der Waals surface area contributed by atoms with Gasteiger partial charge in [0.2, 0.25) is 0 Å². The summed E-state index contributed by atoms with van der Waals surface area (Å²) in [6.07, 6.45) is 3.62. The summed E-state index contributed by atoms with van der Waals surface area (Å²) in [5.41, 5.74) is 0.964. The summed E-state index contributed by atoms with van der Waals surface area (Å²) in [6, 6.07) is 5.03. The van der Waals surface area contributed by atoms with Gasteiger partial charge in [-0.25, -0.2) is 9.07 Å². The van der Waals surface area contributed by atoms with Crippen molar-refractivity contribution >= 4 is 21.8 Å².